The van der Waals surface area contributed by atoms with E-state index in [1.165, 1.54) is 18.4 Å². The van der Waals surface area contributed by atoms with Crippen LogP contribution in [-0.4, -0.2) is 27.8 Å². The number of hydrogen-bond acceptors (Lipinski definition) is 2. The molecular weight excluding hydrogens is 222 g/mol. The molecule has 0 radical (unpaired) electrons. The number of unbranched alkanes of at least 4 members (excludes halogenated alkanes) is 1. The van der Waals surface area contributed by atoms with Crippen LogP contribution in [0.3, 0.4) is 0 Å². The van der Waals surface area contributed by atoms with E-state index in [2.05, 4.69) is 23.8 Å². The second-order valence-electron chi connectivity index (χ2n) is 4.20. The highest BCUT2D eigenvalue weighted by molar-refractivity contribution is 6.30. The summed E-state index contributed by atoms with van der Waals surface area (Å²) in [6.45, 7) is 9.54. The molecule has 0 aliphatic carbocycles. The third-order valence-electron chi connectivity index (χ3n) is 2.93. The van der Waals surface area contributed by atoms with Gasteiger partial charge in [-0.3, -0.25) is 9.58 Å². The van der Waals surface area contributed by atoms with Crippen LogP contribution in [0.5, 0.6) is 0 Å². The minimum absolute atomic E-state index is 0.771. The van der Waals surface area contributed by atoms with Crippen molar-refractivity contribution in [1.82, 2.24) is 14.7 Å². The molecule has 1 rings (SSSR count). The Morgan fingerprint density at radius 3 is 2.50 bits per heavy atom. The largest absolute Gasteiger partial charge is 0.299 e. The van der Waals surface area contributed by atoms with Crippen LogP contribution in [0.4, 0.5) is 0 Å². The monoisotopic (exact) mass is 243 g/mol. The summed E-state index contributed by atoms with van der Waals surface area (Å²) in [5, 5.41) is 5.11. The van der Waals surface area contributed by atoms with E-state index in [0.29, 0.717) is 0 Å². The average Bonchev–Trinajstić information content (AvgIpc) is 2.50. The van der Waals surface area contributed by atoms with Crippen LogP contribution >= 0.6 is 11.6 Å². The van der Waals surface area contributed by atoms with Crippen molar-refractivity contribution in [3.63, 3.8) is 0 Å². The number of hydrogen-bond donors (Lipinski definition) is 0. The summed E-state index contributed by atoms with van der Waals surface area (Å²) in [6.07, 6.45) is 2.47. The van der Waals surface area contributed by atoms with E-state index >= 15 is 0 Å². The first-order valence-corrected chi connectivity index (χ1v) is 6.38. The van der Waals surface area contributed by atoms with Gasteiger partial charge in [0.15, 0.2) is 0 Å². The lowest BCUT2D eigenvalue weighted by molar-refractivity contribution is 0.275. The van der Waals surface area contributed by atoms with Crippen molar-refractivity contribution in [1.29, 1.82) is 0 Å². The van der Waals surface area contributed by atoms with Crippen molar-refractivity contribution >= 4 is 11.6 Å². The summed E-state index contributed by atoms with van der Waals surface area (Å²) >= 11 is 6.22. The van der Waals surface area contributed by atoms with E-state index in [0.717, 1.165) is 30.5 Å². The van der Waals surface area contributed by atoms with Gasteiger partial charge in [-0.05, 0) is 26.4 Å². The fourth-order valence-corrected chi connectivity index (χ4v) is 2.04. The fourth-order valence-electron chi connectivity index (χ4n) is 1.81. The lowest BCUT2D eigenvalue weighted by atomic mass is 10.2. The fraction of sp³-hybridized carbons (Fsp3) is 0.750. The molecule has 0 spiro atoms. The minimum Gasteiger partial charge on any atom is -0.299 e. The van der Waals surface area contributed by atoms with Crippen molar-refractivity contribution in [3.05, 3.63) is 16.4 Å². The number of rotatable bonds is 6. The number of aromatic nitrogens is 2. The quantitative estimate of drug-likeness (QED) is 0.766. The van der Waals surface area contributed by atoms with Crippen molar-refractivity contribution in [3.8, 4) is 0 Å². The van der Waals surface area contributed by atoms with E-state index in [9.17, 15) is 0 Å². The van der Waals surface area contributed by atoms with E-state index in [1.54, 1.807) is 4.68 Å². The molecule has 92 valence electrons. The predicted octanol–water partition coefficient (Wildman–Crippen LogP) is 3.00. The second-order valence-corrected chi connectivity index (χ2v) is 4.56. The molecule has 0 bridgehead atoms. The molecule has 1 heterocycles. The van der Waals surface area contributed by atoms with Crippen LogP contribution < -0.4 is 0 Å². The Hall–Kier alpha value is -0.540. The summed E-state index contributed by atoms with van der Waals surface area (Å²) in [6, 6.07) is 0. The number of nitrogens with zero attached hydrogens (tertiary/aromatic N) is 3. The number of aryl methyl sites for hydroxylation is 2. The number of halogens is 1. The van der Waals surface area contributed by atoms with E-state index < -0.39 is 0 Å². The van der Waals surface area contributed by atoms with Crippen LogP contribution in [-0.2, 0) is 13.6 Å². The SMILES string of the molecule is CCCCN(CC)Cc1c(C)nn(C)c1Cl. The van der Waals surface area contributed by atoms with Gasteiger partial charge in [0.05, 0.1) is 5.69 Å². The zero-order valence-electron chi connectivity index (χ0n) is 10.8. The smallest absolute Gasteiger partial charge is 0.131 e. The Balaban J connectivity index is 2.69. The van der Waals surface area contributed by atoms with E-state index in [4.69, 9.17) is 11.6 Å². The summed E-state index contributed by atoms with van der Waals surface area (Å²) in [4.78, 5) is 2.42. The predicted molar refractivity (Wildman–Crippen MR) is 68.8 cm³/mol. The normalized spacial score (nSPS) is 11.4. The molecule has 0 amide bonds. The van der Waals surface area contributed by atoms with Crippen molar-refractivity contribution in [2.24, 2.45) is 7.05 Å². The van der Waals surface area contributed by atoms with Gasteiger partial charge in [-0.1, -0.05) is 31.9 Å². The minimum atomic E-state index is 0.771. The first-order chi connectivity index (χ1) is 7.60. The maximum absolute atomic E-state index is 6.22. The van der Waals surface area contributed by atoms with Crippen molar-refractivity contribution < 1.29 is 0 Å². The summed E-state index contributed by atoms with van der Waals surface area (Å²) in [5.41, 5.74) is 2.21. The summed E-state index contributed by atoms with van der Waals surface area (Å²) in [5.74, 6) is 0. The molecule has 0 aliphatic rings. The van der Waals surface area contributed by atoms with Gasteiger partial charge in [-0.15, -0.1) is 0 Å². The van der Waals surface area contributed by atoms with Gasteiger partial charge in [0.1, 0.15) is 5.15 Å². The lowest BCUT2D eigenvalue weighted by Crippen LogP contribution is -2.24. The van der Waals surface area contributed by atoms with Crippen molar-refractivity contribution in [2.75, 3.05) is 13.1 Å². The molecule has 0 aliphatic heterocycles. The molecule has 0 N–H and O–H groups in total. The van der Waals surface area contributed by atoms with Crippen LogP contribution in [0.1, 0.15) is 37.9 Å². The molecule has 4 heteroatoms. The molecule has 0 aromatic carbocycles. The third kappa shape index (κ3) is 3.22. The molecule has 0 atom stereocenters. The maximum atomic E-state index is 6.22. The van der Waals surface area contributed by atoms with Crippen LogP contribution in [0.15, 0.2) is 0 Å². The van der Waals surface area contributed by atoms with Crippen LogP contribution in [0, 0.1) is 6.92 Å². The molecule has 0 saturated carbocycles. The van der Waals surface area contributed by atoms with Crippen molar-refractivity contribution in [2.45, 2.75) is 40.2 Å². The van der Waals surface area contributed by atoms with E-state index in [-0.39, 0.29) is 0 Å². The highest BCUT2D eigenvalue weighted by atomic mass is 35.5. The zero-order chi connectivity index (χ0) is 12.1. The third-order valence-corrected chi connectivity index (χ3v) is 3.40. The zero-order valence-corrected chi connectivity index (χ0v) is 11.5. The van der Waals surface area contributed by atoms with Gasteiger partial charge in [0, 0.05) is 19.2 Å². The Morgan fingerprint density at radius 2 is 2.06 bits per heavy atom. The van der Waals surface area contributed by atoms with Gasteiger partial charge in [0.25, 0.3) is 0 Å². The highest BCUT2D eigenvalue weighted by Crippen LogP contribution is 2.20. The molecule has 16 heavy (non-hydrogen) atoms. The second kappa shape index (κ2) is 6.26. The van der Waals surface area contributed by atoms with Gasteiger partial charge in [-0.2, -0.15) is 5.10 Å². The van der Waals surface area contributed by atoms with E-state index in [1.807, 2.05) is 14.0 Å². The lowest BCUT2D eigenvalue weighted by Gasteiger charge is -2.19. The molecule has 1 aromatic heterocycles. The topological polar surface area (TPSA) is 21.1 Å². The molecular formula is C12H22ClN3. The Bertz CT molecular complexity index is 333. The summed E-state index contributed by atoms with van der Waals surface area (Å²) in [7, 11) is 1.89. The Labute approximate surface area is 103 Å². The van der Waals surface area contributed by atoms with Gasteiger partial charge in [-0.25, -0.2) is 0 Å². The Kier molecular flexibility index (Phi) is 5.29. The van der Waals surface area contributed by atoms with Crippen LogP contribution in [0.2, 0.25) is 5.15 Å². The molecule has 1 aromatic rings. The average molecular weight is 244 g/mol. The van der Waals surface area contributed by atoms with Gasteiger partial charge < -0.3 is 0 Å². The molecule has 3 nitrogen and oxygen atoms in total. The maximum Gasteiger partial charge on any atom is 0.131 e. The van der Waals surface area contributed by atoms with Crippen LogP contribution in [0.25, 0.3) is 0 Å². The molecule has 0 fully saturated rings. The van der Waals surface area contributed by atoms with Gasteiger partial charge in [0.2, 0.25) is 0 Å². The first kappa shape index (κ1) is 13.5. The molecule has 0 unspecified atom stereocenters. The first-order valence-electron chi connectivity index (χ1n) is 6.00. The summed E-state index contributed by atoms with van der Waals surface area (Å²) < 4.78 is 1.75. The highest BCUT2D eigenvalue weighted by Gasteiger charge is 2.13. The molecule has 0 saturated heterocycles. The standard InChI is InChI=1S/C12H22ClN3/c1-5-7-8-16(6-2)9-11-10(3)14-15(4)12(11)13/h5-9H2,1-4H3. The van der Waals surface area contributed by atoms with Gasteiger partial charge >= 0.3 is 0 Å². The Morgan fingerprint density at radius 1 is 1.38 bits per heavy atom.